The molecule has 0 bridgehead atoms. The average molecular weight is 613 g/mol. The zero-order valence-corrected chi connectivity index (χ0v) is 23.6. The van der Waals surface area contributed by atoms with Gasteiger partial charge in [-0.3, -0.25) is 9.59 Å². The monoisotopic (exact) mass is 610 g/mol. The lowest BCUT2D eigenvalue weighted by Crippen LogP contribution is -2.26. The fourth-order valence-electron chi connectivity index (χ4n) is 4.45. The van der Waals surface area contributed by atoms with Crippen molar-refractivity contribution in [1.29, 1.82) is 0 Å². The van der Waals surface area contributed by atoms with E-state index in [0.29, 0.717) is 34.3 Å². The van der Waals surface area contributed by atoms with Crippen LogP contribution in [0.2, 0.25) is 15.1 Å². The molecule has 10 heteroatoms. The SMILES string of the molecule is O=C(NCCc1csc2ccccc12)c1cc(NC(=O)C2C(c3cc(Cl)cc(Cl)c3)C2(Cl)Cl)ccc1Cl. The van der Waals surface area contributed by atoms with Gasteiger partial charge >= 0.3 is 0 Å². The van der Waals surface area contributed by atoms with Crippen LogP contribution in [0.3, 0.4) is 0 Å². The van der Waals surface area contributed by atoms with Gasteiger partial charge in [-0.15, -0.1) is 34.5 Å². The van der Waals surface area contributed by atoms with E-state index in [1.807, 2.05) is 12.1 Å². The van der Waals surface area contributed by atoms with E-state index in [1.54, 1.807) is 41.7 Å². The number of carbonyl (C=O) groups is 2. The Morgan fingerprint density at radius 1 is 0.946 bits per heavy atom. The van der Waals surface area contributed by atoms with E-state index in [4.69, 9.17) is 58.0 Å². The summed E-state index contributed by atoms with van der Waals surface area (Å²) in [6, 6.07) is 17.9. The van der Waals surface area contributed by atoms with E-state index in [0.717, 1.165) is 0 Å². The van der Waals surface area contributed by atoms with Crippen LogP contribution in [0.4, 0.5) is 5.69 Å². The minimum atomic E-state index is -1.31. The molecule has 0 radical (unpaired) electrons. The highest BCUT2D eigenvalue weighted by Crippen LogP contribution is 2.65. The molecular formula is C27H19Cl5N2O2S. The number of thiophene rings is 1. The van der Waals surface area contributed by atoms with Gasteiger partial charge in [0.25, 0.3) is 5.91 Å². The summed E-state index contributed by atoms with van der Waals surface area (Å²) < 4.78 is -0.0964. The van der Waals surface area contributed by atoms with Crippen molar-refractivity contribution in [3.63, 3.8) is 0 Å². The Morgan fingerprint density at radius 2 is 1.68 bits per heavy atom. The Balaban J connectivity index is 1.24. The smallest absolute Gasteiger partial charge is 0.252 e. The Kier molecular flexibility index (Phi) is 7.65. The van der Waals surface area contributed by atoms with Crippen LogP contribution in [-0.4, -0.2) is 22.7 Å². The van der Waals surface area contributed by atoms with E-state index < -0.39 is 16.2 Å². The first kappa shape index (κ1) is 26.6. The van der Waals surface area contributed by atoms with Gasteiger partial charge in [0.05, 0.1) is 16.5 Å². The van der Waals surface area contributed by atoms with Gasteiger partial charge in [-0.05, 0) is 70.8 Å². The summed E-state index contributed by atoms with van der Waals surface area (Å²) in [5, 5.41) is 10.1. The summed E-state index contributed by atoms with van der Waals surface area (Å²) in [5.41, 5.74) is 2.52. The molecule has 5 rings (SSSR count). The molecule has 37 heavy (non-hydrogen) atoms. The van der Waals surface area contributed by atoms with Gasteiger partial charge in [-0.2, -0.15) is 0 Å². The maximum absolute atomic E-state index is 13.0. The molecule has 2 amide bonds. The molecule has 0 spiro atoms. The van der Waals surface area contributed by atoms with Crippen molar-refractivity contribution in [2.45, 2.75) is 16.7 Å². The largest absolute Gasteiger partial charge is 0.352 e. The zero-order valence-electron chi connectivity index (χ0n) is 19.0. The zero-order chi connectivity index (χ0) is 26.3. The predicted octanol–water partition coefficient (Wildman–Crippen LogP) is 8.36. The van der Waals surface area contributed by atoms with Crippen LogP contribution in [0.25, 0.3) is 10.1 Å². The van der Waals surface area contributed by atoms with Crippen molar-refractivity contribution < 1.29 is 9.59 Å². The second-order valence-electron chi connectivity index (χ2n) is 8.78. The van der Waals surface area contributed by atoms with Crippen LogP contribution in [0.1, 0.15) is 27.4 Å². The maximum Gasteiger partial charge on any atom is 0.252 e. The molecule has 2 unspecified atom stereocenters. The number of amides is 2. The number of nitrogens with one attached hydrogen (secondary N) is 2. The molecule has 4 nitrogen and oxygen atoms in total. The number of hydrogen-bond acceptors (Lipinski definition) is 3. The molecule has 2 atom stereocenters. The van der Waals surface area contributed by atoms with Crippen molar-refractivity contribution in [2.75, 3.05) is 11.9 Å². The highest BCUT2D eigenvalue weighted by Gasteiger charge is 2.67. The van der Waals surface area contributed by atoms with Crippen molar-refractivity contribution in [3.05, 3.63) is 97.8 Å². The minimum Gasteiger partial charge on any atom is -0.352 e. The fraction of sp³-hybridized carbons (Fsp3) is 0.185. The molecule has 3 aromatic carbocycles. The lowest BCUT2D eigenvalue weighted by atomic mass is 10.1. The summed E-state index contributed by atoms with van der Waals surface area (Å²) in [5.74, 6) is -1.92. The molecular weight excluding hydrogens is 594 g/mol. The molecule has 1 heterocycles. The van der Waals surface area contributed by atoms with Gasteiger partial charge in [0.15, 0.2) is 0 Å². The molecule has 1 aromatic heterocycles. The predicted molar refractivity (Wildman–Crippen MR) is 155 cm³/mol. The van der Waals surface area contributed by atoms with Crippen LogP contribution in [0.5, 0.6) is 0 Å². The van der Waals surface area contributed by atoms with Crippen LogP contribution >= 0.6 is 69.3 Å². The molecule has 1 aliphatic rings. The normalized spacial score (nSPS) is 18.0. The van der Waals surface area contributed by atoms with Gasteiger partial charge in [-0.25, -0.2) is 0 Å². The average Bonchev–Trinajstić information content (AvgIpc) is 3.21. The van der Waals surface area contributed by atoms with Crippen molar-refractivity contribution in [1.82, 2.24) is 5.32 Å². The van der Waals surface area contributed by atoms with Crippen molar-refractivity contribution in [3.8, 4) is 0 Å². The van der Waals surface area contributed by atoms with E-state index in [2.05, 4.69) is 28.1 Å². The van der Waals surface area contributed by atoms with E-state index in [1.165, 1.54) is 21.7 Å². The third-order valence-electron chi connectivity index (χ3n) is 6.30. The summed E-state index contributed by atoms with van der Waals surface area (Å²) in [6.07, 6.45) is 0.688. The first-order valence-corrected chi connectivity index (χ1v) is 14.1. The number of benzene rings is 3. The molecule has 1 saturated carbocycles. The third kappa shape index (κ3) is 5.58. The van der Waals surface area contributed by atoms with Crippen LogP contribution in [0.15, 0.2) is 66.0 Å². The molecule has 1 fully saturated rings. The number of halogens is 5. The maximum atomic E-state index is 13.0. The lowest BCUT2D eigenvalue weighted by Gasteiger charge is -2.10. The first-order chi connectivity index (χ1) is 17.6. The second kappa shape index (κ2) is 10.6. The quantitative estimate of drug-likeness (QED) is 0.206. The number of carbonyl (C=O) groups excluding carboxylic acids is 2. The summed E-state index contributed by atoms with van der Waals surface area (Å²) in [4.78, 5) is 25.9. The Labute approximate surface area is 242 Å². The van der Waals surface area contributed by atoms with Crippen LogP contribution in [-0.2, 0) is 11.2 Å². The molecule has 4 aromatic rings. The molecule has 1 aliphatic carbocycles. The number of rotatable bonds is 7. The highest BCUT2D eigenvalue weighted by molar-refractivity contribution is 7.17. The molecule has 2 N–H and O–H groups in total. The Bertz CT molecular complexity index is 1500. The molecule has 0 aliphatic heterocycles. The van der Waals surface area contributed by atoms with Gasteiger partial charge in [-0.1, -0.05) is 53.0 Å². The van der Waals surface area contributed by atoms with Gasteiger partial charge in [0.1, 0.15) is 4.33 Å². The standard InChI is InChI=1S/C27H19Cl5N2O2S/c28-16-9-15(10-17(29)11-16)23-24(27(23,31)32)26(36)34-18-5-6-21(30)20(12-18)25(35)33-8-7-14-13-37-22-4-2-1-3-19(14)22/h1-6,9-13,23-24H,7-8H2,(H,33,35)(H,34,36). The lowest BCUT2D eigenvalue weighted by molar-refractivity contribution is -0.117. The van der Waals surface area contributed by atoms with Gasteiger partial charge < -0.3 is 10.6 Å². The van der Waals surface area contributed by atoms with E-state index in [9.17, 15) is 9.59 Å². The Hall–Kier alpha value is -1.99. The number of hydrogen-bond donors (Lipinski definition) is 2. The van der Waals surface area contributed by atoms with Crippen molar-refractivity contribution in [2.24, 2.45) is 5.92 Å². The highest BCUT2D eigenvalue weighted by atomic mass is 35.5. The van der Waals surface area contributed by atoms with E-state index in [-0.39, 0.29) is 22.4 Å². The summed E-state index contributed by atoms with van der Waals surface area (Å²) in [7, 11) is 0. The summed E-state index contributed by atoms with van der Waals surface area (Å²) in [6.45, 7) is 0.444. The molecule has 0 saturated heterocycles. The second-order valence-corrected chi connectivity index (χ2v) is 12.4. The fourth-order valence-corrected chi connectivity index (χ4v) is 7.02. The van der Waals surface area contributed by atoms with Crippen molar-refractivity contribution >= 4 is 96.9 Å². The van der Waals surface area contributed by atoms with Gasteiger partial charge in [0, 0.05) is 32.9 Å². The minimum absolute atomic E-state index is 0.256. The van der Waals surface area contributed by atoms with Crippen LogP contribution in [0, 0.1) is 5.92 Å². The molecule has 190 valence electrons. The third-order valence-corrected chi connectivity index (χ3v) is 9.02. The Morgan fingerprint density at radius 3 is 2.43 bits per heavy atom. The van der Waals surface area contributed by atoms with Gasteiger partial charge in [0.2, 0.25) is 5.91 Å². The summed E-state index contributed by atoms with van der Waals surface area (Å²) >= 11 is 33.1. The number of alkyl halides is 2. The van der Waals surface area contributed by atoms with Crippen LogP contribution < -0.4 is 10.6 Å². The topological polar surface area (TPSA) is 58.2 Å². The first-order valence-electron chi connectivity index (χ1n) is 11.3. The van der Waals surface area contributed by atoms with E-state index >= 15 is 0 Å². The number of fused-ring (bicyclic) bond motifs is 1. The number of anilines is 1.